The lowest BCUT2D eigenvalue weighted by molar-refractivity contribution is 0.0931. The van der Waals surface area contributed by atoms with Gasteiger partial charge in [-0.3, -0.25) is 9.48 Å². The molecule has 19 heavy (non-hydrogen) atoms. The molecule has 2 aromatic heterocycles. The predicted molar refractivity (Wildman–Crippen MR) is 69.8 cm³/mol. The summed E-state index contributed by atoms with van der Waals surface area (Å²) in [5, 5.41) is 7.18. The molecule has 5 heteroatoms. The van der Waals surface area contributed by atoms with E-state index in [4.69, 9.17) is 4.42 Å². The Morgan fingerprint density at radius 2 is 2.42 bits per heavy atom. The van der Waals surface area contributed by atoms with E-state index in [1.54, 1.807) is 17.1 Å². The van der Waals surface area contributed by atoms with Gasteiger partial charge in [0.15, 0.2) is 0 Å². The number of fused-ring (bicyclic) bond motifs is 1. The molecule has 1 N–H and O–H groups in total. The number of hydrogen-bond acceptors (Lipinski definition) is 3. The summed E-state index contributed by atoms with van der Waals surface area (Å²) in [6.45, 7) is 1.89. The van der Waals surface area contributed by atoms with Crippen LogP contribution in [0.4, 0.5) is 0 Å². The lowest BCUT2D eigenvalue weighted by Crippen LogP contribution is -2.30. The van der Waals surface area contributed by atoms with Crippen molar-refractivity contribution in [3.63, 3.8) is 0 Å². The Kier molecular flexibility index (Phi) is 2.89. The van der Waals surface area contributed by atoms with Gasteiger partial charge in [0.05, 0.1) is 24.1 Å². The van der Waals surface area contributed by atoms with Crippen molar-refractivity contribution in [1.82, 2.24) is 15.1 Å². The zero-order valence-corrected chi connectivity index (χ0v) is 11.1. The maximum atomic E-state index is 12.3. The van der Waals surface area contributed by atoms with Crippen LogP contribution in [0.2, 0.25) is 0 Å². The van der Waals surface area contributed by atoms with Gasteiger partial charge < -0.3 is 9.73 Å². The van der Waals surface area contributed by atoms with Crippen LogP contribution in [0.15, 0.2) is 22.9 Å². The molecule has 1 unspecified atom stereocenters. The number of aromatic nitrogens is 2. The molecule has 0 aromatic carbocycles. The highest BCUT2D eigenvalue weighted by Gasteiger charge is 2.25. The van der Waals surface area contributed by atoms with Crippen molar-refractivity contribution in [2.75, 3.05) is 0 Å². The summed E-state index contributed by atoms with van der Waals surface area (Å²) in [5.74, 6) is 0.934. The van der Waals surface area contributed by atoms with Crippen LogP contribution in [-0.2, 0) is 13.5 Å². The van der Waals surface area contributed by atoms with E-state index in [2.05, 4.69) is 10.4 Å². The van der Waals surface area contributed by atoms with Crippen LogP contribution < -0.4 is 5.32 Å². The number of furan rings is 1. The molecule has 0 spiro atoms. The van der Waals surface area contributed by atoms with E-state index in [-0.39, 0.29) is 11.9 Å². The van der Waals surface area contributed by atoms with Crippen LogP contribution >= 0.6 is 0 Å². The van der Waals surface area contributed by atoms with Crippen molar-refractivity contribution < 1.29 is 9.21 Å². The minimum atomic E-state index is -0.0651. The molecule has 1 aliphatic rings. The fourth-order valence-corrected chi connectivity index (χ4v) is 2.59. The van der Waals surface area contributed by atoms with Crippen molar-refractivity contribution in [2.24, 2.45) is 7.05 Å². The van der Waals surface area contributed by atoms with Crippen LogP contribution in [0.25, 0.3) is 0 Å². The van der Waals surface area contributed by atoms with E-state index >= 15 is 0 Å². The molecule has 100 valence electrons. The minimum absolute atomic E-state index is 0.0506. The summed E-state index contributed by atoms with van der Waals surface area (Å²) in [6.07, 6.45) is 6.27. The first kappa shape index (κ1) is 12.0. The normalized spacial score (nSPS) is 18.1. The molecule has 1 aliphatic carbocycles. The summed E-state index contributed by atoms with van der Waals surface area (Å²) in [6, 6.07) is 2.00. The first-order valence-electron chi connectivity index (χ1n) is 6.52. The maximum Gasteiger partial charge on any atom is 0.255 e. The Morgan fingerprint density at radius 3 is 3.16 bits per heavy atom. The molecule has 3 rings (SSSR count). The summed E-state index contributed by atoms with van der Waals surface area (Å²) in [7, 11) is 1.83. The van der Waals surface area contributed by atoms with Crippen molar-refractivity contribution in [2.45, 2.75) is 32.2 Å². The van der Waals surface area contributed by atoms with Gasteiger partial charge >= 0.3 is 0 Å². The van der Waals surface area contributed by atoms with Gasteiger partial charge in [-0.15, -0.1) is 0 Å². The number of carbonyl (C=O) groups excluding carboxylic acids is 1. The minimum Gasteiger partial charge on any atom is -0.469 e. The highest BCUT2D eigenvalue weighted by Crippen LogP contribution is 2.30. The van der Waals surface area contributed by atoms with Gasteiger partial charge in [-0.25, -0.2) is 0 Å². The van der Waals surface area contributed by atoms with Crippen molar-refractivity contribution in [3.8, 4) is 0 Å². The van der Waals surface area contributed by atoms with Gasteiger partial charge in [-0.05, 0) is 25.8 Å². The maximum absolute atomic E-state index is 12.3. The molecule has 5 nitrogen and oxygen atoms in total. The zero-order chi connectivity index (χ0) is 13.4. The van der Waals surface area contributed by atoms with E-state index in [9.17, 15) is 4.79 Å². The number of aryl methyl sites for hydroxylation is 2. The molecule has 0 saturated heterocycles. The van der Waals surface area contributed by atoms with Gasteiger partial charge in [0.2, 0.25) is 0 Å². The van der Waals surface area contributed by atoms with Crippen LogP contribution in [0, 0.1) is 6.92 Å². The molecule has 2 aromatic rings. The molecule has 1 atom stereocenters. The number of hydrogen-bond donors (Lipinski definition) is 1. The standard InChI is InChI=1S/C14H17N3O2/c1-9-11(8-15-17(9)2)14(18)16-12-4-3-5-13-10(12)6-7-19-13/h6-8,12H,3-5H2,1-2H3,(H,16,18). The van der Waals surface area contributed by atoms with Crippen LogP contribution in [-0.4, -0.2) is 15.7 Å². The van der Waals surface area contributed by atoms with E-state index < -0.39 is 0 Å². The number of carbonyl (C=O) groups is 1. The summed E-state index contributed by atoms with van der Waals surface area (Å²) >= 11 is 0. The first-order valence-corrected chi connectivity index (χ1v) is 6.52. The Balaban J connectivity index is 1.80. The molecule has 0 radical (unpaired) electrons. The average molecular weight is 259 g/mol. The largest absolute Gasteiger partial charge is 0.469 e. The summed E-state index contributed by atoms with van der Waals surface area (Å²) < 4.78 is 7.14. The van der Waals surface area contributed by atoms with E-state index in [0.717, 1.165) is 36.3 Å². The number of rotatable bonds is 2. The third-order valence-corrected chi connectivity index (χ3v) is 3.84. The zero-order valence-electron chi connectivity index (χ0n) is 11.1. The van der Waals surface area contributed by atoms with Crippen molar-refractivity contribution >= 4 is 5.91 Å². The lowest BCUT2D eigenvalue weighted by Gasteiger charge is -2.22. The summed E-state index contributed by atoms with van der Waals surface area (Å²) in [4.78, 5) is 12.3. The van der Waals surface area contributed by atoms with E-state index in [1.807, 2.05) is 20.0 Å². The Bertz CT molecular complexity index is 612. The van der Waals surface area contributed by atoms with Crippen molar-refractivity contribution in [1.29, 1.82) is 0 Å². The quantitative estimate of drug-likeness (QED) is 0.898. The highest BCUT2D eigenvalue weighted by atomic mass is 16.3. The van der Waals surface area contributed by atoms with Gasteiger partial charge in [0.1, 0.15) is 5.76 Å². The van der Waals surface area contributed by atoms with E-state index in [1.165, 1.54) is 0 Å². The summed E-state index contributed by atoms with van der Waals surface area (Å²) in [5.41, 5.74) is 2.62. The third-order valence-electron chi connectivity index (χ3n) is 3.84. The number of nitrogens with zero attached hydrogens (tertiary/aromatic N) is 2. The van der Waals surface area contributed by atoms with Crippen LogP contribution in [0.1, 0.15) is 46.3 Å². The molecule has 0 aliphatic heterocycles. The topological polar surface area (TPSA) is 60.1 Å². The molecular weight excluding hydrogens is 242 g/mol. The molecule has 0 bridgehead atoms. The molecular formula is C14H17N3O2. The predicted octanol–water partition coefficient (Wildman–Crippen LogP) is 2.13. The van der Waals surface area contributed by atoms with Gasteiger partial charge in [-0.2, -0.15) is 5.10 Å². The smallest absolute Gasteiger partial charge is 0.255 e. The average Bonchev–Trinajstić information content (AvgIpc) is 2.98. The molecule has 1 amide bonds. The van der Waals surface area contributed by atoms with Crippen molar-refractivity contribution in [3.05, 3.63) is 41.1 Å². The number of amides is 1. The molecule has 2 heterocycles. The fourth-order valence-electron chi connectivity index (χ4n) is 2.59. The monoisotopic (exact) mass is 259 g/mol. The molecule has 0 saturated carbocycles. The van der Waals surface area contributed by atoms with E-state index in [0.29, 0.717) is 5.56 Å². The first-order chi connectivity index (χ1) is 9.16. The Labute approximate surface area is 111 Å². The van der Waals surface area contributed by atoms with Gasteiger partial charge in [0, 0.05) is 24.7 Å². The lowest BCUT2D eigenvalue weighted by atomic mass is 9.93. The van der Waals surface area contributed by atoms with Crippen LogP contribution in [0.3, 0.4) is 0 Å². The number of nitrogens with one attached hydrogen (secondary N) is 1. The van der Waals surface area contributed by atoms with Gasteiger partial charge in [-0.1, -0.05) is 0 Å². The van der Waals surface area contributed by atoms with Gasteiger partial charge in [0.25, 0.3) is 5.91 Å². The Morgan fingerprint density at radius 1 is 1.58 bits per heavy atom. The fraction of sp³-hybridized carbons (Fsp3) is 0.429. The Hall–Kier alpha value is -2.04. The third kappa shape index (κ3) is 2.05. The molecule has 0 fully saturated rings. The second-order valence-corrected chi connectivity index (χ2v) is 4.98. The SMILES string of the molecule is Cc1c(C(=O)NC2CCCc3occc32)cnn1C. The van der Waals surface area contributed by atoms with Crippen LogP contribution in [0.5, 0.6) is 0 Å². The second-order valence-electron chi connectivity index (χ2n) is 4.98. The highest BCUT2D eigenvalue weighted by molar-refractivity contribution is 5.95. The second kappa shape index (κ2) is 4.57.